The van der Waals surface area contributed by atoms with Gasteiger partial charge in [-0.3, -0.25) is 9.69 Å². The summed E-state index contributed by atoms with van der Waals surface area (Å²) in [5.74, 6) is 0.663. The summed E-state index contributed by atoms with van der Waals surface area (Å²) in [5.41, 5.74) is 0.756. The van der Waals surface area contributed by atoms with Crippen LogP contribution in [-0.2, 0) is 4.74 Å². The highest BCUT2D eigenvalue weighted by Crippen LogP contribution is 2.37. The molecule has 1 saturated heterocycles. The molecule has 3 rings (SSSR count). The van der Waals surface area contributed by atoms with Crippen LogP contribution in [0.1, 0.15) is 23.2 Å². The summed E-state index contributed by atoms with van der Waals surface area (Å²) in [6.45, 7) is 2.90. The number of methoxy groups -OCH3 is 1. The number of likely N-dealkylation sites (tertiary alicyclic amines) is 1. The topological polar surface area (TPSA) is 41.6 Å². The molecular formula is C16H22N2O2. The summed E-state index contributed by atoms with van der Waals surface area (Å²) in [6.07, 6.45) is 2.29. The highest BCUT2D eigenvalue weighted by molar-refractivity contribution is 5.94. The lowest BCUT2D eigenvalue weighted by Gasteiger charge is -2.31. The van der Waals surface area contributed by atoms with Crippen molar-refractivity contribution < 1.29 is 9.53 Å². The van der Waals surface area contributed by atoms with E-state index in [-0.39, 0.29) is 5.91 Å². The molecule has 1 saturated carbocycles. The smallest absolute Gasteiger partial charge is 0.251 e. The zero-order chi connectivity index (χ0) is 13.9. The molecule has 1 aromatic carbocycles. The van der Waals surface area contributed by atoms with Crippen LogP contribution in [0.2, 0.25) is 0 Å². The number of nitrogens with zero attached hydrogens (tertiary/aromatic N) is 1. The molecule has 1 heterocycles. The maximum atomic E-state index is 12.2. The predicted octanol–water partition coefficient (Wildman–Crippen LogP) is 1.53. The van der Waals surface area contributed by atoms with E-state index in [9.17, 15) is 4.79 Å². The Morgan fingerprint density at radius 1 is 1.35 bits per heavy atom. The van der Waals surface area contributed by atoms with Crippen molar-refractivity contribution in [2.75, 3.05) is 26.8 Å². The Balaban J connectivity index is 1.54. The van der Waals surface area contributed by atoms with Crippen molar-refractivity contribution in [1.29, 1.82) is 0 Å². The lowest BCUT2D eigenvalue weighted by molar-refractivity contribution is 0.0885. The van der Waals surface area contributed by atoms with Crippen LogP contribution in [0.4, 0.5) is 0 Å². The maximum absolute atomic E-state index is 12.2. The van der Waals surface area contributed by atoms with Gasteiger partial charge in [0.05, 0.1) is 6.61 Å². The van der Waals surface area contributed by atoms with E-state index in [0.29, 0.717) is 18.0 Å². The van der Waals surface area contributed by atoms with Crippen LogP contribution in [-0.4, -0.2) is 49.7 Å². The molecule has 3 atom stereocenters. The third-order valence-corrected chi connectivity index (χ3v) is 4.59. The molecule has 20 heavy (non-hydrogen) atoms. The molecule has 0 radical (unpaired) electrons. The summed E-state index contributed by atoms with van der Waals surface area (Å²) in [6, 6.07) is 10.4. The second-order valence-corrected chi connectivity index (χ2v) is 5.82. The number of carbonyl (C=O) groups is 1. The third-order valence-electron chi connectivity index (χ3n) is 4.59. The second kappa shape index (κ2) is 5.94. The summed E-state index contributed by atoms with van der Waals surface area (Å²) < 4.78 is 5.15. The Hall–Kier alpha value is -1.39. The van der Waals surface area contributed by atoms with Crippen molar-refractivity contribution in [1.82, 2.24) is 10.2 Å². The van der Waals surface area contributed by atoms with Crippen LogP contribution in [0.15, 0.2) is 30.3 Å². The summed E-state index contributed by atoms with van der Waals surface area (Å²) in [7, 11) is 1.75. The van der Waals surface area contributed by atoms with Crippen LogP contribution >= 0.6 is 0 Å². The van der Waals surface area contributed by atoms with E-state index in [2.05, 4.69) is 10.2 Å². The first-order valence-corrected chi connectivity index (χ1v) is 7.37. The van der Waals surface area contributed by atoms with Crippen molar-refractivity contribution >= 4 is 5.91 Å². The third kappa shape index (κ3) is 2.72. The van der Waals surface area contributed by atoms with E-state index in [4.69, 9.17) is 4.74 Å². The first-order chi connectivity index (χ1) is 9.78. The van der Waals surface area contributed by atoms with Crippen LogP contribution in [0.25, 0.3) is 0 Å². The lowest BCUT2D eigenvalue weighted by Crippen LogP contribution is -2.46. The van der Waals surface area contributed by atoms with Gasteiger partial charge in [0.15, 0.2) is 0 Å². The Morgan fingerprint density at radius 2 is 2.15 bits per heavy atom. The zero-order valence-corrected chi connectivity index (χ0v) is 11.9. The molecule has 4 nitrogen and oxygen atoms in total. The number of ether oxygens (including phenoxy) is 1. The average Bonchev–Trinajstić information content (AvgIpc) is 3.05. The molecule has 2 bridgehead atoms. The largest absolute Gasteiger partial charge is 0.383 e. The number of nitrogens with one attached hydrogen (secondary N) is 1. The maximum Gasteiger partial charge on any atom is 0.251 e. The molecule has 1 amide bonds. The number of hydrogen-bond donors (Lipinski definition) is 1. The molecule has 0 spiro atoms. The first-order valence-electron chi connectivity index (χ1n) is 7.37. The number of piperidine rings is 1. The Kier molecular flexibility index (Phi) is 4.03. The first kappa shape index (κ1) is 13.6. The van der Waals surface area contributed by atoms with E-state index in [1.54, 1.807) is 7.11 Å². The molecular weight excluding hydrogens is 252 g/mol. The van der Waals surface area contributed by atoms with Gasteiger partial charge in [-0.15, -0.1) is 0 Å². The quantitative estimate of drug-likeness (QED) is 0.885. The average molecular weight is 274 g/mol. The highest BCUT2D eigenvalue weighted by atomic mass is 16.5. The summed E-state index contributed by atoms with van der Waals surface area (Å²) in [5, 5.41) is 3.21. The molecule has 0 aromatic heterocycles. The van der Waals surface area contributed by atoms with Gasteiger partial charge in [-0.2, -0.15) is 0 Å². The second-order valence-electron chi connectivity index (χ2n) is 5.82. The fraction of sp³-hybridized carbons (Fsp3) is 0.562. The molecule has 1 N–H and O–H groups in total. The minimum atomic E-state index is 0.0617. The number of carbonyl (C=O) groups excluding carboxylic acids is 1. The highest BCUT2D eigenvalue weighted by Gasteiger charge is 2.44. The van der Waals surface area contributed by atoms with E-state index in [0.717, 1.165) is 31.7 Å². The van der Waals surface area contributed by atoms with Crippen molar-refractivity contribution in [2.45, 2.75) is 24.9 Å². The number of amides is 1. The SMILES string of the molecule is COCCN1C[C@H]2C[C@H]1C[C@@H]2NC(=O)c1ccccc1. The minimum absolute atomic E-state index is 0.0617. The Bertz CT molecular complexity index is 463. The van der Waals surface area contributed by atoms with E-state index in [1.165, 1.54) is 6.42 Å². The van der Waals surface area contributed by atoms with Crippen molar-refractivity contribution in [3.63, 3.8) is 0 Å². The van der Waals surface area contributed by atoms with Crippen molar-refractivity contribution in [3.05, 3.63) is 35.9 Å². The van der Waals surface area contributed by atoms with Gasteiger partial charge in [-0.1, -0.05) is 18.2 Å². The molecule has 1 aliphatic carbocycles. The number of rotatable bonds is 5. The normalized spacial score (nSPS) is 28.8. The summed E-state index contributed by atoms with van der Waals surface area (Å²) >= 11 is 0. The molecule has 1 aromatic rings. The van der Waals surface area contributed by atoms with Gasteiger partial charge in [0.1, 0.15) is 0 Å². The monoisotopic (exact) mass is 274 g/mol. The predicted molar refractivity (Wildman–Crippen MR) is 77.7 cm³/mol. The molecule has 0 unspecified atom stereocenters. The van der Waals surface area contributed by atoms with Crippen LogP contribution < -0.4 is 5.32 Å². The van der Waals surface area contributed by atoms with Gasteiger partial charge in [0, 0.05) is 37.8 Å². The fourth-order valence-electron chi connectivity index (χ4n) is 3.55. The van der Waals surface area contributed by atoms with E-state index < -0.39 is 0 Å². The van der Waals surface area contributed by atoms with Gasteiger partial charge in [-0.25, -0.2) is 0 Å². The molecule has 1 aliphatic heterocycles. The fourth-order valence-corrected chi connectivity index (χ4v) is 3.55. The van der Waals surface area contributed by atoms with Crippen molar-refractivity contribution in [2.24, 2.45) is 5.92 Å². The number of hydrogen-bond acceptors (Lipinski definition) is 3. The van der Waals surface area contributed by atoms with Gasteiger partial charge in [-0.05, 0) is 30.9 Å². The van der Waals surface area contributed by atoms with Crippen LogP contribution in [0, 0.1) is 5.92 Å². The molecule has 2 aliphatic rings. The van der Waals surface area contributed by atoms with Crippen LogP contribution in [0.3, 0.4) is 0 Å². The summed E-state index contributed by atoms with van der Waals surface area (Å²) in [4.78, 5) is 14.7. The number of fused-ring (bicyclic) bond motifs is 2. The van der Waals surface area contributed by atoms with E-state index in [1.807, 2.05) is 30.3 Å². The minimum Gasteiger partial charge on any atom is -0.383 e. The van der Waals surface area contributed by atoms with Gasteiger partial charge >= 0.3 is 0 Å². The van der Waals surface area contributed by atoms with E-state index >= 15 is 0 Å². The zero-order valence-electron chi connectivity index (χ0n) is 11.9. The van der Waals surface area contributed by atoms with Crippen molar-refractivity contribution in [3.8, 4) is 0 Å². The Labute approximate surface area is 120 Å². The Morgan fingerprint density at radius 3 is 2.80 bits per heavy atom. The molecule has 2 fully saturated rings. The lowest BCUT2D eigenvalue weighted by atomic mass is 10.0. The molecule has 4 heteroatoms. The van der Waals surface area contributed by atoms with Gasteiger partial charge in [0.2, 0.25) is 0 Å². The van der Waals surface area contributed by atoms with Gasteiger partial charge in [0.25, 0.3) is 5.91 Å². The standard InChI is InChI=1S/C16H22N2O2/c1-20-8-7-18-11-13-9-14(18)10-15(13)17-16(19)12-5-3-2-4-6-12/h2-6,13-15H,7-11H2,1H3,(H,17,19)/t13-,14+,15+/m1/s1. The number of benzene rings is 1. The van der Waals surface area contributed by atoms with Crippen LogP contribution in [0.5, 0.6) is 0 Å². The van der Waals surface area contributed by atoms with Gasteiger partial charge < -0.3 is 10.1 Å². The molecule has 108 valence electrons.